The Kier molecular flexibility index (Phi) is 5.85. The van der Waals surface area contributed by atoms with Gasteiger partial charge in [-0.25, -0.2) is 4.68 Å². The minimum absolute atomic E-state index is 0.0805. The number of carbonyl (C=O) groups excluding carboxylic acids is 1. The smallest absolute Gasteiger partial charge is 0.327 e. The zero-order valence-corrected chi connectivity index (χ0v) is 18.0. The van der Waals surface area contributed by atoms with E-state index in [9.17, 15) is 22.2 Å². The lowest BCUT2D eigenvalue weighted by Gasteiger charge is -2.21. The number of aromatic nitrogens is 2. The topological polar surface area (TPSA) is 55.2 Å². The molecule has 0 saturated heterocycles. The summed E-state index contributed by atoms with van der Waals surface area (Å²) in [6.45, 7) is -1.74. The Morgan fingerprint density at radius 3 is 2.39 bits per heavy atom. The number of rotatable bonds is 3. The second-order valence-corrected chi connectivity index (χ2v) is 9.14. The third-order valence-corrected chi connectivity index (χ3v) is 6.64. The molecular weight excluding hydrogens is 474 g/mol. The number of nitrogens with zero attached hydrogens (tertiary/aromatic N) is 3. The van der Waals surface area contributed by atoms with Crippen LogP contribution in [0.15, 0.2) is 53.4 Å². The Morgan fingerprint density at radius 2 is 1.74 bits per heavy atom. The van der Waals surface area contributed by atoms with Crippen molar-refractivity contribution in [3.63, 3.8) is 0 Å². The van der Waals surface area contributed by atoms with Gasteiger partial charge in [0.05, 0.1) is 32.1 Å². The first-order chi connectivity index (χ1) is 14.7. The fourth-order valence-electron chi connectivity index (χ4n) is 3.33. The van der Waals surface area contributed by atoms with Gasteiger partial charge in [0.25, 0.3) is 5.91 Å². The molecule has 1 aliphatic heterocycles. The van der Waals surface area contributed by atoms with E-state index in [-0.39, 0.29) is 22.9 Å². The van der Waals surface area contributed by atoms with Crippen molar-refractivity contribution in [2.75, 3.05) is 18.8 Å². The first-order valence-electron chi connectivity index (χ1n) is 9.04. The molecule has 3 aromatic rings. The maximum Gasteiger partial charge on any atom is 0.406 e. The first-order valence-corrected chi connectivity index (χ1v) is 11.1. The number of carbonyl (C=O) groups is 1. The summed E-state index contributed by atoms with van der Waals surface area (Å²) in [4.78, 5) is 13.7. The molecule has 1 amide bonds. The molecule has 0 N–H and O–H groups in total. The average Bonchev–Trinajstić information content (AvgIpc) is 3.06. The molecule has 0 aliphatic carbocycles. The molecule has 0 radical (unpaired) electrons. The standard InChI is InChI=1S/C20H14Cl2F3N3O2S/c21-13-7-5-12(6-8-13)17-18-16(26-28(17)15-4-2-1-3-14(15)22)19(29)27(9-10-31(18)30)11-20(23,24)25/h1-8H,9-11H2. The second-order valence-electron chi connectivity index (χ2n) is 6.79. The molecule has 1 aliphatic rings. The number of alkyl halides is 3. The van der Waals surface area contributed by atoms with Gasteiger partial charge in [-0.05, 0) is 24.3 Å². The number of hydrogen-bond acceptors (Lipinski definition) is 3. The van der Waals surface area contributed by atoms with Crippen molar-refractivity contribution in [3.8, 4) is 16.9 Å². The van der Waals surface area contributed by atoms with E-state index in [4.69, 9.17) is 23.2 Å². The van der Waals surface area contributed by atoms with Crippen LogP contribution in [-0.2, 0) is 10.8 Å². The van der Waals surface area contributed by atoms with E-state index >= 15 is 0 Å². The molecule has 1 atom stereocenters. The fourth-order valence-corrected chi connectivity index (χ4v) is 5.03. The van der Waals surface area contributed by atoms with Crippen LogP contribution in [0.3, 0.4) is 0 Å². The molecule has 0 bridgehead atoms. The van der Waals surface area contributed by atoms with Gasteiger partial charge in [-0.15, -0.1) is 0 Å². The van der Waals surface area contributed by atoms with Crippen LogP contribution >= 0.6 is 23.2 Å². The summed E-state index contributed by atoms with van der Waals surface area (Å²) < 4.78 is 53.4. The largest absolute Gasteiger partial charge is 0.406 e. The summed E-state index contributed by atoms with van der Waals surface area (Å²) in [6, 6.07) is 13.2. The minimum atomic E-state index is -4.59. The van der Waals surface area contributed by atoms with Gasteiger partial charge in [-0.2, -0.15) is 18.3 Å². The van der Waals surface area contributed by atoms with Crippen molar-refractivity contribution in [3.05, 3.63) is 64.3 Å². The second kappa shape index (κ2) is 8.29. The predicted octanol–water partition coefficient (Wildman–Crippen LogP) is 4.97. The van der Waals surface area contributed by atoms with Crippen LogP contribution in [0.2, 0.25) is 10.0 Å². The molecule has 0 spiro atoms. The molecule has 5 nitrogen and oxygen atoms in total. The molecule has 11 heteroatoms. The summed E-state index contributed by atoms with van der Waals surface area (Å²) in [6.07, 6.45) is -4.59. The van der Waals surface area contributed by atoms with Gasteiger partial charge in [-0.1, -0.05) is 47.5 Å². The molecule has 4 rings (SSSR count). The maximum atomic E-state index is 13.1. The van der Waals surface area contributed by atoms with Crippen LogP contribution < -0.4 is 0 Å². The van der Waals surface area contributed by atoms with E-state index in [0.29, 0.717) is 31.9 Å². The van der Waals surface area contributed by atoms with Crippen LogP contribution in [0.25, 0.3) is 16.9 Å². The van der Waals surface area contributed by atoms with E-state index in [1.165, 1.54) is 4.68 Å². The fraction of sp³-hybridized carbons (Fsp3) is 0.200. The molecule has 0 saturated carbocycles. The van der Waals surface area contributed by atoms with Gasteiger partial charge in [0, 0.05) is 22.9 Å². The van der Waals surface area contributed by atoms with Crippen molar-refractivity contribution in [1.82, 2.24) is 14.7 Å². The molecular formula is C20H14Cl2F3N3O2S. The zero-order valence-electron chi connectivity index (χ0n) is 15.7. The third-order valence-electron chi connectivity index (χ3n) is 4.67. The van der Waals surface area contributed by atoms with Crippen LogP contribution in [0.1, 0.15) is 10.5 Å². The third kappa shape index (κ3) is 4.35. The number of halogens is 5. The van der Waals surface area contributed by atoms with Gasteiger partial charge >= 0.3 is 6.18 Å². The Bertz CT molecular complexity index is 1180. The lowest BCUT2D eigenvalue weighted by atomic mass is 10.1. The van der Waals surface area contributed by atoms with Gasteiger partial charge in [0.1, 0.15) is 6.54 Å². The molecule has 31 heavy (non-hydrogen) atoms. The Labute approximate surface area is 187 Å². The minimum Gasteiger partial charge on any atom is -0.327 e. The van der Waals surface area contributed by atoms with Crippen molar-refractivity contribution < 1.29 is 22.2 Å². The van der Waals surface area contributed by atoms with Crippen molar-refractivity contribution in [1.29, 1.82) is 0 Å². The van der Waals surface area contributed by atoms with Gasteiger partial charge in [-0.3, -0.25) is 9.00 Å². The summed E-state index contributed by atoms with van der Waals surface area (Å²) in [5.41, 5.74) is 0.975. The first kappa shape index (κ1) is 21.9. The van der Waals surface area contributed by atoms with Gasteiger partial charge in [0.15, 0.2) is 5.69 Å². The Balaban J connectivity index is 1.97. The summed E-state index contributed by atoms with van der Waals surface area (Å²) in [5.74, 6) is -1.08. The number of hydrogen-bond donors (Lipinski definition) is 0. The van der Waals surface area contributed by atoms with E-state index in [0.717, 1.165) is 0 Å². The Morgan fingerprint density at radius 1 is 1.06 bits per heavy atom. The number of benzene rings is 2. The molecule has 2 aromatic carbocycles. The van der Waals surface area contributed by atoms with Crippen LogP contribution in [0.4, 0.5) is 13.2 Å². The molecule has 0 fully saturated rings. The molecule has 2 heterocycles. The average molecular weight is 488 g/mol. The van der Waals surface area contributed by atoms with E-state index < -0.39 is 29.4 Å². The Hall–Kier alpha value is -2.36. The van der Waals surface area contributed by atoms with Crippen molar-refractivity contribution in [2.45, 2.75) is 11.1 Å². The number of amides is 1. The quantitative estimate of drug-likeness (QED) is 0.523. The van der Waals surface area contributed by atoms with E-state index in [2.05, 4.69) is 5.10 Å². The van der Waals surface area contributed by atoms with Gasteiger partial charge < -0.3 is 4.90 Å². The monoisotopic (exact) mass is 487 g/mol. The summed E-state index contributed by atoms with van der Waals surface area (Å²) in [7, 11) is -1.77. The number of para-hydroxylation sites is 1. The summed E-state index contributed by atoms with van der Waals surface area (Å²) >= 11 is 12.3. The van der Waals surface area contributed by atoms with E-state index in [1.807, 2.05) is 0 Å². The SMILES string of the molecule is O=C1c2nn(-c3ccccc3Cl)c(-c3ccc(Cl)cc3)c2S(=O)CCN1CC(F)(F)F. The number of fused-ring (bicyclic) bond motifs is 1. The van der Waals surface area contributed by atoms with Crippen LogP contribution in [0.5, 0.6) is 0 Å². The highest BCUT2D eigenvalue weighted by Crippen LogP contribution is 2.36. The molecule has 1 unspecified atom stereocenters. The highest BCUT2D eigenvalue weighted by Gasteiger charge is 2.39. The lowest BCUT2D eigenvalue weighted by Crippen LogP contribution is -2.40. The van der Waals surface area contributed by atoms with Crippen LogP contribution in [-0.4, -0.2) is 49.8 Å². The maximum absolute atomic E-state index is 13.1. The van der Waals surface area contributed by atoms with Crippen molar-refractivity contribution in [2.24, 2.45) is 0 Å². The zero-order chi connectivity index (χ0) is 22.3. The van der Waals surface area contributed by atoms with Gasteiger partial charge in [0.2, 0.25) is 0 Å². The van der Waals surface area contributed by atoms with E-state index in [1.54, 1.807) is 48.5 Å². The highest BCUT2D eigenvalue weighted by atomic mass is 35.5. The van der Waals surface area contributed by atoms with Crippen molar-refractivity contribution >= 4 is 39.9 Å². The lowest BCUT2D eigenvalue weighted by molar-refractivity contribution is -0.140. The highest BCUT2D eigenvalue weighted by molar-refractivity contribution is 7.85. The summed E-state index contributed by atoms with van der Waals surface area (Å²) in [5, 5.41) is 5.07. The van der Waals surface area contributed by atoms with Crippen LogP contribution in [0, 0.1) is 0 Å². The molecule has 162 valence electrons. The predicted molar refractivity (Wildman–Crippen MR) is 112 cm³/mol. The molecule has 1 aromatic heterocycles. The normalized spacial score (nSPS) is 16.9.